The Bertz CT molecular complexity index is 513. The summed E-state index contributed by atoms with van der Waals surface area (Å²) in [5.74, 6) is -0.865. The summed E-state index contributed by atoms with van der Waals surface area (Å²) in [5.41, 5.74) is 1.04. The summed E-state index contributed by atoms with van der Waals surface area (Å²) in [6, 6.07) is 4.52. The molecule has 1 aromatic heterocycles. The lowest BCUT2D eigenvalue weighted by Gasteiger charge is -2.05. The van der Waals surface area contributed by atoms with Crippen molar-refractivity contribution in [2.24, 2.45) is 0 Å². The molecule has 1 N–H and O–H groups in total. The minimum atomic E-state index is -0.462. The van der Waals surface area contributed by atoms with Gasteiger partial charge in [0.25, 0.3) is 5.91 Å². The Morgan fingerprint density at radius 1 is 1.50 bits per heavy atom. The fraction of sp³-hybridized carbons (Fsp3) is 0.100. The number of anilines is 1. The van der Waals surface area contributed by atoms with E-state index in [1.165, 1.54) is 12.3 Å². The van der Waals surface area contributed by atoms with E-state index in [0.29, 0.717) is 4.88 Å². The van der Waals surface area contributed by atoms with Crippen molar-refractivity contribution >= 4 is 23.1 Å². The fourth-order valence-electron chi connectivity index (χ4n) is 1.19. The van der Waals surface area contributed by atoms with E-state index in [1.54, 1.807) is 12.1 Å². The van der Waals surface area contributed by atoms with E-state index in [0.717, 1.165) is 17.1 Å². The molecule has 1 heterocycles. The van der Waals surface area contributed by atoms with E-state index in [1.807, 2.05) is 6.92 Å². The zero-order chi connectivity index (χ0) is 11.5. The molecule has 0 saturated heterocycles. The van der Waals surface area contributed by atoms with Crippen molar-refractivity contribution in [3.05, 3.63) is 40.7 Å². The highest BCUT2D eigenvalue weighted by atomic mass is 32.1. The highest BCUT2D eigenvalue weighted by Gasteiger charge is 2.11. The molecule has 1 aromatic carbocycles. The molecule has 0 aliphatic rings. The third kappa shape index (κ3) is 2.22. The third-order valence-corrected chi connectivity index (χ3v) is 2.62. The van der Waals surface area contributed by atoms with Gasteiger partial charge in [0.05, 0.1) is 11.9 Å². The monoisotopic (exact) mass is 237 g/mol. The van der Waals surface area contributed by atoms with Gasteiger partial charge in [0.2, 0.25) is 0 Å². The standard InChI is InChI=1S/C10H8FN3OS/c1-6-2-3-7(11)8(4-6)13-10(15)9-5-12-14-16-9/h2-5H,1H3,(H,13,15). The maximum atomic E-state index is 13.3. The van der Waals surface area contributed by atoms with E-state index in [9.17, 15) is 9.18 Å². The molecular formula is C10H8FN3OS. The molecule has 2 rings (SSSR count). The number of benzene rings is 1. The average molecular weight is 237 g/mol. The molecule has 0 bridgehead atoms. The normalized spacial score (nSPS) is 10.1. The Kier molecular flexibility index (Phi) is 2.91. The predicted octanol–water partition coefficient (Wildman–Crippen LogP) is 2.24. The molecule has 0 aliphatic carbocycles. The van der Waals surface area contributed by atoms with Crippen LogP contribution in [0.4, 0.5) is 10.1 Å². The number of aryl methyl sites for hydroxylation is 1. The number of hydrogen-bond donors (Lipinski definition) is 1. The van der Waals surface area contributed by atoms with Gasteiger partial charge in [0.1, 0.15) is 10.7 Å². The van der Waals surface area contributed by atoms with Crippen molar-refractivity contribution < 1.29 is 9.18 Å². The van der Waals surface area contributed by atoms with Gasteiger partial charge >= 0.3 is 0 Å². The van der Waals surface area contributed by atoms with Crippen LogP contribution in [0.15, 0.2) is 24.4 Å². The Morgan fingerprint density at radius 2 is 2.31 bits per heavy atom. The zero-order valence-electron chi connectivity index (χ0n) is 8.40. The zero-order valence-corrected chi connectivity index (χ0v) is 9.21. The minimum Gasteiger partial charge on any atom is -0.319 e. The number of carbonyl (C=O) groups excluding carboxylic acids is 1. The van der Waals surface area contributed by atoms with Crippen molar-refractivity contribution in [3.8, 4) is 0 Å². The number of amides is 1. The summed E-state index contributed by atoms with van der Waals surface area (Å²) < 4.78 is 16.9. The van der Waals surface area contributed by atoms with Gasteiger partial charge in [0, 0.05) is 0 Å². The molecule has 2 aromatic rings. The summed E-state index contributed by atoms with van der Waals surface area (Å²) in [7, 11) is 0. The molecule has 6 heteroatoms. The lowest BCUT2D eigenvalue weighted by atomic mass is 10.2. The van der Waals surface area contributed by atoms with Gasteiger partial charge in [0.15, 0.2) is 0 Å². The van der Waals surface area contributed by atoms with Gasteiger partial charge in [-0.05, 0) is 36.2 Å². The number of nitrogens with zero attached hydrogens (tertiary/aromatic N) is 2. The number of aromatic nitrogens is 2. The van der Waals surface area contributed by atoms with Crippen LogP contribution in [0, 0.1) is 12.7 Å². The third-order valence-electron chi connectivity index (χ3n) is 1.96. The van der Waals surface area contributed by atoms with Crippen LogP contribution >= 0.6 is 11.5 Å². The number of carbonyl (C=O) groups is 1. The lowest BCUT2D eigenvalue weighted by molar-refractivity contribution is 0.103. The van der Waals surface area contributed by atoms with Crippen molar-refractivity contribution in [2.45, 2.75) is 6.92 Å². The first-order valence-electron chi connectivity index (χ1n) is 4.51. The summed E-state index contributed by atoms with van der Waals surface area (Å²) in [4.78, 5) is 11.9. The van der Waals surface area contributed by atoms with E-state index in [-0.39, 0.29) is 5.69 Å². The molecule has 1 amide bonds. The molecule has 0 aliphatic heterocycles. The van der Waals surface area contributed by atoms with Crippen LogP contribution in [0.1, 0.15) is 15.2 Å². The first kappa shape index (κ1) is 10.7. The highest BCUT2D eigenvalue weighted by molar-refractivity contribution is 7.07. The van der Waals surface area contributed by atoms with Crippen LogP contribution in [0.2, 0.25) is 0 Å². The van der Waals surface area contributed by atoms with E-state index in [2.05, 4.69) is 14.9 Å². The number of hydrogen-bond acceptors (Lipinski definition) is 4. The van der Waals surface area contributed by atoms with E-state index < -0.39 is 11.7 Å². The lowest BCUT2D eigenvalue weighted by Crippen LogP contribution is -2.11. The Balaban J connectivity index is 2.21. The second kappa shape index (κ2) is 4.36. The van der Waals surface area contributed by atoms with Crippen LogP contribution in [0.5, 0.6) is 0 Å². The fourth-order valence-corrected chi connectivity index (χ4v) is 1.60. The number of halogens is 1. The Hall–Kier alpha value is -1.82. The summed E-state index contributed by atoms with van der Waals surface area (Å²) >= 11 is 0.965. The summed E-state index contributed by atoms with van der Waals surface area (Å²) in [6.45, 7) is 1.82. The smallest absolute Gasteiger partial charge is 0.269 e. The van der Waals surface area contributed by atoms with Crippen LogP contribution < -0.4 is 5.32 Å². The molecule has 0 fully saturated rings. The SMILES string of the molecule is Cc1ccc(F)c(NC(=O)c2cnns2)c1. The molecule has 0 saturated carbocycles. The quantitative estimate of drug-likeness (QED) is 0.871. The molecule has 0 spiro atoms. The molecule has 4 nitrogen and oxygen atoms in total. The van der Waals surface area contributed by atoms with E-state index in [4.69, 9.17) is 0 Å². The first-order valence-corrected chi connectivity index (χ1v) is 5.29. The van der Waals surface area contributed by atoms with Crippen molar-refractivity contribution in [2.75, 3.05) is 5.32 Å². The number of nitrogens with one attached hydrogen (secondary N) is 1. The maximum absolute atomic E-state index is 13.3. The molecule has 16 heavy (non-hydrogen) atoms. The highest BCUT2D eigenvalue weighted by Crippen LogP contribution is 2.17. The maximum Gasteiger partial charge on any atom is 0.269 e. The van der Waals surface area contributed by atoms with Gasteiger partial charge in [-0.1, -0.05) is 10.6 Å². The molecular weight excluding hydrogens is 229 g/mol. The topological polar surface area (TPSA) is 54.9 Å². The summed E-state index contributed by atoms with van der Waals surface area (Å²) in [5, 5.41) is 6.01. The Morgan fingerprint density at radius 3 is 3.00 bits per heavy atom. The second-order valence-corrected chi connectivity index (χ2v) is 4.00. The predicted molar refractivity (Wildman–Crippen MR) is 59.0 cm³/mol. The van der Waals surface area contributed by atoms with Gasteiger partial charge in [-0.15, -0.1) is 5.10 Å². The van der Waals surface area contributed by atoms with Gasteiger partial charge in [-0.25, -0.2) is 4.39 Å². The van der Waals surface area contributed by atoms with Crippen molar-refractivity contribution in [3.63, 3.8) is 0 Å². The average Bonchev–Trinajstić information content (AvgIpc) is 2.76. The molecule has 0 atom stereocenters. The van der Waals surface area contributed by atoms with Crippen molar-refractivity contribution in [1.82, 2.24) is 9.59 Å². The number of rotatable bonds is 2. The van der Waals surface area contributed by atoms with Crippen molar-refractivity contribution in [1.29, 1.82) is 0 Å². The van der Waals surface area contributed by atoms with E-state index >= 15 is 0 Å². The van der Waals surface area contributed by atoms with Gasteiger partial charge < -0.3 is 5.32 Å². The second-order valence-electron chi connectivity index (χ2n) is 3.22. The first-order chi connectivity index (χ1) is 7.66. The van der Waals surface area contributed by atoms with Crippen LogP contribution in [-0.4, -0.2) is 15.5 Å². The molecule has 82 valence electrons. The Labute approximate surface area is 95.3 Å². The van der Waals surface area contributed by atoms with Crippen LogP contribution in [-0.2, 0) is 0 Å². The molecule has 0 unspecified atom stereocenters. The largest absolute Gasteiger partial charge is 0.319 e. The van der Waals surface area contributed by atoms with Gasteiger partial charge in [-0.3, -0.25) is 4.79 Å². The van der Waals surface area contributed by atoms with Crippen LogP contribution in [0.25, 0.3) is 0 Å². The minimum absolute atomic E-state index is 0.165. The molecule has 0 radical (unpaired) electrons. The van der Waals surface area contributed by atoms with Crippen LogP contribution in [0.3, 0.4) is 0 Å². The summed E-state index contributed by atoms with van der Waals surface area (Å²) in [6.07, 6.45) is 1.34. The van der Waals surface area contributed by atoms with Gasteiger partial charge in [-0.2, -0.15) is 0 Å².